The number of fused-ring (bicyclic) bond motifs is 1. The zero-order chi connectivity index (χ0) is 29.9. The molecule has 3 heterocycles. The predicted molar refractivity (Wildman–Crippen MR) is 173 cm³/mol. The first-order valence-electron chi connectivity index (χ1n) is 14.6. The molecule has 0 bridgehead atoms. The fourth-order valence-electron chi connectivity index (χ4n) is 5.58. The molecule has 0 amide bonds. The number of allylic oxidation sites excluding steroid dienone is 1. The number of aromatic amines is 1. The van der Waals surface area contributed by atoms with Crippen molar-refractivity contribution in [2.45, 2.75) is 69.6 Å². The van der Waals surface area contributed by atoms with Gasteiger partial charge in [-0.05, 0) is 101 Å². The summed E-state index contributed by atoms with van der Waals surface area (Å²) < 4.78 is 34.7. The van der Waals surface area contributed by atoms with E-state index in [0.29, 0.717) is 23.4 Å². The first-order chi connectivity index (χ1) is 20.0. The molecule has 6 nitrogen and oxygen atoms in total. The fraction of sp³-hybridized carbons (Fsp3) is 0.382. The second-order valence-electron chi connectivity index (χ2n) is 12.3. The van der Waals surface area contributed by atoms with Crippen LogP contribution >= 0.6 is 11.3 Å². The van der Waals surface area contributed by atoms with Gasteiger partial charge in [0.15, 0.2) is 0 Å². The number of aromatic nitrogens is 1. The van der Waals surface area contributed by atoms with Gasteiger partial charge in [-0.2, -0.15) is 11.3 Å². The van der Waals surface area contributed by atoms with Crippen molar-refractivity contribution in [3.05, 3.63) is 82.7 Å². The Labute approximate surface area is 253 Å². The smallest absolute Gasteiger partial charge is 0.261 e. The van der Waals surface area contributed by atoms with Gasteiger partial charge in [-0.3, -0.25) is 9.52 Å². The SMILES string of the molecule is C=C(CCCCC1CCOCC1)C(=O)c1[nH]c2ccc(NS(=O)(=O)c3ccc(C(C)(C)C)cc3)cc2c1-c1ccsc1. The fourth-order valence-corrected chi connectivity index (χ4v) is 7.27. The van der Waals surface area contributed by atoms with Gasteiger partial charge >= 0.3 is 0 Å². The van der Waals surface area contributed by atoms with Crippen LogP contribution in [0, 0.1) is 5.92 Å². The van der Waals surface area contributed by atoms with Gasteiger partial charge in [-0.1, -0.05) is 52.3 Å². The van der Waals surface area contributed by atoms with Crippen molar-refractivity contribution in [2.75, 3.05) is 17.9 Å². The van der Waals surface area contributed by atoms with Crippen molar-refractivity contribution in [1.29, 1.82) is 0 Å². The zero-order valence-corrected chi connectivity index (χ0v) is 26.3. The monoisotopic (exact) mass is 604 g/mol. The number of hydrogen-bond donors (Lipinski definition) is 2. The minimum Gasteiger partial charge on any atom is -0.381 e. The summed E-state index contributed by atoms with van der Waals surface area (Å²) in [5.41, 5.74) is 4.97. The van der Waals surface area contributed by atoms with Gasteiger partial charge in [0.2, 0.25) is 5.78 Å². The highest BCUT2D eigenvalue weighted by Crippen LogP contribution is 2.37. The quantitative estimate of drug-likeness (QED) is 0.102. The standard InChI is InChI=1S/C34H40N2O4S2/c1-23(7-5-6-8-24-15-18-40-19-16-24)33(37)32-31(25-17-20-41-22-25)29-21-27(11-14-30(29)35-32)36-42(38,39)28-12-9-26(10-13-28)34(2,3)4/h9-14,17,20-22,24,35-36H,1,5-8,15-16,18-19H2,2-4H3. The van der Waals surface area contributed by atoms with E-state index in [1.807, 2.05) is 35.0 Å². The molecule has 2 aromatic carbocycles. The summed E-state index contributed by atoms with van der Waals surface area (Å²) in [6, 6.07) is 14.3. The van der Waals surface area contributed by atoms with E-state index in [0.717, 1.165) is 78.8 Å². The minimum atomic E-state index is -3.80. The topological polar surface area (TPSA) is 88.3 Å². The molecular formula is C34H40N2O4S2. The van der Waals surface area contributed by atoms with E-state index in [-0.39, 0.29) is 16.1 Å². The maximum absolute atomic E-state index is 13.7. The van der Waals surface area contributed by atoms with Gasteiger partial charge < -0.3 is 9.72 Å². The van der Waals surface area contributed by atoms with Crippen LogP contribution in [-0.2, 0) is 20.2 Å². The number of H-pyrrole nitrogens is 1. The number of benzene rings is 2. The van der Waals surface area contributed by atoms with Gasteiger partial charge in [-0.25, -0.2) is 8.42 Å². The second kappa shape index (κ2) is 12.6. The molecule has 0 saturated carbocycles. The molecule has 1 aliphatic heterocycles. The highest BCUT2D eigenvalue weighted by atomic mass is 32.2. The summed E-state index contributed by atoms with van der Waals surface area (Å²) in [7, 11) is -3.80. The number of sulfonamides is 1. The van der Waals surface area contributed by atoms with Crippen LogP contribution in [0.2, 0.25) is 0 Å². The molecule has 1 saturated heterocycles. The molecule has 0 unspecified atom stereocenters. The molecule has 1 aliphatic rings. The summed E-state index contributed by atoms with van der Waals surface area (Å²) in [5.74, 6) is 0.621. The van der Waals surface area contributed by atoms with Crippen LogP contribution in [0.1, 0.15) is 75.3 Å². The van der Waals surface area contributed by atoms with Crippen LogP contribution in [0.5, 0.6) is 0 Å². The van der Waals surface area contributed by atoms with E-state index in [2.05, 4.69) is 37.1 Å². The Morgan fingerprint density at radius 2 is 1.81 bits per heavy atom. The Morgan fingerprint density at radius 3 is 2.48 bits per heavy atom. The number of thiophene rings is 1. The van der Waals surface area contributed by atoms with Crippen molar-refractivity contribution in [1.82, 2.24) is 4.98 Å². The highest BCUT2D eigenvalue weighted by molar-refractivity contribution is 7.92. The molecule has 4 aromatic rings. The van der Waals surface area contributed by atoms with Crippen LogP contribution in [0.3, 0.4) is 0 Å². The third kappa shape index (κ3) is 6.88. The normalized spacial score (nSPS) is 14.7. The van der Waals surface area contributed by atoms with Crippen LogP contribution in [0.4, 0.5) is 5.69 Å². The number of carbonyl (C=O) groups excluding carboxylic acids is 1. The predicted octanol–water partition coefficient (Wildman–Crippen LogP) is 8.72. The number of anilines is 1. The van der Waals surface area contributed by atoms with Gasteiger partial charge in [0.25, 0.3) is 10.0 Å². The molecular weight excluding hydrogens is 565 g/mol. The van der Waals surface area contributed by atoms with Crippen molar-refractivity contribution in [3.63, 3.8) is 0 Å². The zero-order valence-electron chi connectivity index (χ0n) is 24.7. The Balaban J connectivity index is 1.36. The van der Waals surface area contributed by atoms with E-state index in [4.69, 9.17) is 4.74 Å². The first kappa shape index (κ1) is 30.3. The molecule has 42 heavy (non-hydrogen) atoms. The van der Waals surface area contributed by atoms with Crippen LogP contribution in [0.15, 0.2) is 76.3 Å². The molecule has 0 atom stereocenters. The second-order valence-corrected chi connectivity index (χ2v) is 14.7. The molecule has 0 spiro atoms. The average molecular weight is 605 g/mol. The van der Waals surface area contributed by atoms with E-state index >= 15 is 0 Å². The van der Waals surface area contributed by atoms with E-state index < -0.39 is 10.0 Å². The number of unbranched alkanes of at least 4 members (excludes halogenated alkanes) is 1. The minimum absolute atomic E-state index is 0.0711. The lowest BCUT2D eigenvalue weighted by molar-refractivity contribution is 0.0632. The summed E-state index contributed by atoms with van der Waals surface area (Å²) >= 11 is 1.55. The number of Topliss-reactive ketones (excluding diaryl/α,β-unsaturated/α-hetero) is 1. The van der Waals surface area contributed by atoms with Gasteiger partial charge in [0.1, 0.15) is 0 Å². The third-order valence-electron chi connectivity index (χ3n) is 8.12. The van der Waals surface area contributed by atoms with Gasteiger partial charge in [0.05, 0.1) is 10.6 Å². The highest BCUT2D eigenvalue weighted by Gasteiger charge is 2.23. The summed E-state index contributed by atoms with van der Waals surface area (Å²) in [6.07, 6.45) is 6.07. The Morgan fingerprint density at radius 1 is 1.07 bits per heavy atom. The lowest BCUT2D eigenvalue weighted by atomic mass is 9.87. The molecule has 5 rings (SSSR count). The lowest BCUT2D eigenvalue weighted by Crippen LogP contribution is -2.15. The van der Waals surface area contributed by atoms with E-state index in [9.17, 15) is 13.2 Å². The molecule has 0 radical (unpaired) electrons. The van der Waals surface area contributed by atoms with E-state index in [1.54, 1.807) is 35.6 Å². The molecule has 2 aromatic heterocycles. The van der Waals surface area contributed by atoms with Gasteiger partial charge in [-0.15, -0.1) is 0 Å². The Hall–Kier alpha value is -3.20. The van der Waals surface area contributed by atoms with Crippen molar-refractivity contribution >= 4 is 43.7 Å². The molecule has 1 fully saturated rings. The Bertz CT molecular complexity index is 1650. The average Bonchev–Trinajstić information content (AvgIpc) is 3.62. The van der Waals surface area contributed by atoms with E-state index in [1.165, 1.54) is 0 Å². The molecule has 8 heteroatoms. The lowest BCUT2D eigenvalue weighted by Gasteiger charge is -2.21. The molecule has 0 aliphatic carbocycles. The van der Waals surface area contributed by atoms with Crippen LogP contribution in [-0.4, -0.2) is 32.4 Å². The van der Waals surface area contributed by atoms with Crippen molar-refractivity contribution < 1.29 is 17.9 Å². The van der Waals surface area contributed by atoms with Crippen molar-refractivity contribution in [3.8, 4) is 11.1 Å². The number of nitrogens with one attached hydrogen (secondary N) is 2. The maximum Gasteiger partial charge on any atom is 0.261 e. The summed E-state index contributed by atoms with van der Waals surface area (Å²) in [6.45, 7) is 12.1. The third-order valence-corrected chi connectivity index (χ3v) is 10.2. The van der Waals surface area contributed by atoms with Crippen LogP contribution < -0.4 is 4.72 Å². The summed E-state index contributed by atoms with van der Waals surface area (Å²) in [5, 5.41) is 4.76. The number of ketones is 1. The number of carbonyl (C=O) groups is 1. The molecule has 2 N–H and O–H groups in total. The first-order valence-corrected chi connectivity index (χ1v) is 17.1. The van der Waals surface area contributed by atoms with Gasteiger partial charge in [0, 0.05) is 35.4 Å². The van der Waals surface area contributed by atoms with Crippen molar-refractivity contribution in [2.24, 2.45) is 5.92 Å². The number of rotatable bonds is 11. The summed E-state index contributed by atoms with van der Waals surface area (Å²) in [4.78, 5) is 17.2. The molecule has 222 valence electrons. The maximum atomic E-state index is 13.7. The Kier molecular flexibility index (Phi) is 9.06. The largest absolute Gasteiger partial charge is 0.381 e. The number of hydrogen-bond acceptors (Lipinski definition) is 5. The van der Waals surface area contributed by atoms with Crippen LogP contribution in [0.25, 0.3) is 22.0 Å². The number of ether oxygens (including phenoxy) is 1.